The largest absolute Gasteiger partial charge is 0.334 e. The molecular formula is C17H13N3OS3. The van der Waals surface area contributed by atoms with Crippen molar-refractivity contribution in [1.29, 1.82) is 0 Å². The smallest absolute Gasteiger partial charge is 0.273 e. The van der Waals surface area contributed by atoms with Gasteiger partial charge in [0, 0.05) is 23.4 Å². The lowest BCUT2D eigenvalue weighted by molar-refractivity contribution is 0.0780. The van der Waals surface area contributed by atoms with Gasteiger partial charge in [0.25, 0.3) is 5.91 Å². The molecule has 1 aromatic carbocycles. The summed E-state index contributed by atoms with van der Waals surface area (Å²) in [5.41, 5.74) is 2.54. The molecule has 120 valence electrons. The lowest BCUT2D eigenvalue weighted by Gasteiger charge is -2.13. The van der Waals surface area contributed by atoms with E-state index in [2.05, 4.69) is 9.97 Å². The second kappa shape index (κ2) is 6.43. The van der Waals surface area contributed by atoms with E-state index in [9.17, 15) is 4.79 Å². The van der Waals surface area contributed by atoms with Gasteiger partial charge in [-0.1, -0.05) is 12.1 Å². The molecule has 4 nitrogen and oxygen atoms in total. The fourth-order valence-electron chi connectivity index (χ4n) is 2.35. The number of thiophene rings is 1. The second-order valence-electron chi connectivity index (χ2n) is 5.29. The first-order valence-electron chi connectivity index (χ1n) is 7.29. The Labute approximate surface area is 151 Å². The SMILES string of the molecule is CN(Cc1nc2ccccc2s1)C(=O)c1csc(-c2ccsc2)n1. The number of nitrogens with zero attached hydrogens (tertiary/aromatic N) is 3. The summed E-state index contributed by atoms with van der Waals surface area (Å²) in [6.07, 6.45) is 0. The summed E-state index contributed by atoms with van der Waals surface area (Å²) in [5.74, 6) is -0.0769. The number of amides is 1. The number of hydrogen-bond donors (Lipinski definition) is 0. The Bertz CT molecular complexity index is 955. The van der Waals surface area contributed by atoms with Gasteiger partial charge in [-0.05, 0) is 23.6 Å². The molecule has 0 spiro atoms. The van der Waals surface area contributed by atoms with E-state index in [0.717, 1.165) is 25.8 Å². The topological polar surface area (TPSA) is 46.1 Å². The maximum absolute atomic E-state index is 12.6. The van der Waals surface area contributed by atoms with Gasteiger partial charge in [-0.15, -0.1) is 22.7 Å². The lowest BCUT2D eigenvalue weighted by atomic mass is 10.3. The minimum Gasteiger partial charge on any atom is -0.334 e. The van der Waals surface area contributed by atoms with Crippen LogP contribution in [0.5, 0.6) is 0 Å². The van der Waals surface area contributed by atoms with Crippen molar-refractivity contribution >= 4 is 50.1 Å². The van der Waals surface area contributed by atoms with Crippen molar-refractivity contribution in [3.05, 3.63) is 57.2 Å². The number of para-hydroxylation sites is 1. The molecule has 0 unspecified atom stereocenters. The van der Waals surface area contributed by atoms with Crippen LogP contribution in [0.1, 0.15) is 15.5 Å². The average Bonchev–Trinajstić information content (AvgIpc) is 3.32. The quantitative estimate of drug-likeness (QED) is 0.520. The maximum Gasteiger partial charge on any atom is 0.273 e. The molecule has 0 aliphatic heterocycles. The molecule has 4 aromatic rings. The Morgan fingerprint density at radius 3 is 2.83 bits per heavy atom. The minimum atomic E-state index is -0.0769. The van der Waals surface area contributed by atoms with Crippen molar-refractivity contribution < 1.29 is 4.79 Å². The summed E-state index contributed by atoms with van der Waals surface area (Å²) in [6.45, 7) is 0.490. The van der Waals surface area contributed by atoms with Crippen molar-refractivity contribution in [3.8, 4) is 10.6 Å². The van der Waals surface area contributed by atoms with Crippen LogP contribution in [0.15, 0.2) is 46.5 Å². The van der Waals surface area contributed by atoms with Crippen LogP contribution < -0.4 is 0 Å². The molecule has 7 heteroatoms. The summed E-state index contributed by atoms with van der Waals surface area (Å²) < 4.78 is 1.14. The van der Waals surface area contributed by atoms with E-state index < -0.39 is 0 Å². The Hall–Kier alpha value is -2.09. The molecular weight excluding hydrogens is 358 g/mol. The van der Waals surface area contributed by atoms with Crippen LogP contribution >= 0.6 is 34.0 Å². The molecule has 0 saturated carbocycles. The number of carbonyl (C=O) groups excluding carboxylic acids is 1. The van der Waals surface area contributed by atoms with E-state index in [-0.39, 0.29) is 5.91 Å². The van der Waals surface area contributed by atoms with Gasteiger partial charge in [0.2, 0.25) is 0 Å². The van der Waals surface area contributed by atoms with E-state index in [1.54, 1.807) is 34.6 Å². The number of thiazole rings is 2. The predicted octanol–water partition coefficient (Wildman–Crippen LogP) is 4.75. The molecule has 0 bridgehead atoms. The summed E-state index contributed by atoms with van der Waals surface area (Å²) in [4.78, 5) is 23.3. The highest BCUT2D eigenvalue weighted by Crippen LogP contribution is 2.27. The molecule has 0 radical (unpaired) electrons. The first kappa shape index (κ1) is 15.4. The van der Waals surface area contributed by atoms with Crippen molar-refractivity contribution in [1.82, 2.24) is 14.9 Å². The van der Waals surface area contributed by atoms with Crippen LogP contribution in [-0.4, -0.2) is 27.8 Å². The molecule has 0 saturated heterocycles. The molecule has 1 amide bonds. The third-order valence-corrected chi connectivity index (χ3v) is 6.14. The molecule has 0 fully saturated rings. The highest BCUT2D eigenvalue weighted by atomic mass is 32.1. The number of aromatic nitrogens is 2. The molecule has 4 rings (SSSR count). The van der Waals surface area contributed by atoms with Gasteiger partial charge < -0.3 is 4.90 Å². The first-order chi connectivity index (χ1) is 11.7. The zero-order valence-corrected chi connectivity index (χ0v) is 15.3. The van der Waals surface area contributed by atoms with Crippen LogP contribution in [0.4, 0.5) is 0 Å². The van der Waals surface area contributed by atoms with Gasteiger partial charge in [0.1, 0.15) is 15.7 Å². The maximum atomic E-state index is 12.6. The molecule has 0 atom stereocenters. The molecule has 3 heterocycles. The van der Waals surface area contributed by atoms with Gasteiger partial charge in [-0.25, -0.2) is 9.97 Å². The van der Waals surface area contributed by atoms with E-state index >= 15 is 0 Å². The molecule has 24 heavy (non-hydrogen) atoms. The fraction of sp³-hybridized carbons (Fsp3) is 0.118. The van der Waals surface area contributed by atoms with Gasteiger partial charge in [0.15, 0.2) is 0 Å². The van der Waals surface area contributed by atoms with E-state index in [0.29, 0.717) is 12.2 Å². The fourth-order valence-corrected chi connectivity index (χ4v) is 4.88. The first-order valence-corrected chi connectivity index (χ1v) is 9.92. The Morgan fingerprint density at radius 2 is 2.04 bits per heavy atom. The number of hydrogen-bond acceptors (Lipinski definition) is 6. The monoisotopic (exact) mass is 371 g/mol. The zero-order valence-electron chi connectivity index (χ0n) is 12.8. The number of rotatable bonds is 4. The molecule has 0 aliphatic carbocycles. The van der Waals surface area contributed by atoms with Crippen LogP contribution in [0.2, 0.25) is 0 Å². The van der Waals surface area contributed by atoms with Gasteiger partial charge in [-0.2, -0.15) is 11.3 Å². The zero-order chi connectivity index (χ0) is 16.5. The lowest BCUT2D eigenvalue weighted by Crippen LogP contribution is -2.26. The van der Waals surface area contributed by atoms with E-state index in [1.165, 1.54) is 11.3 Å². The predicted molar refractivity (Wildman–Crippen MR) is 101 cm³/mol. The highest BCUT2D eigenvalue weighted by Gasteiger charge is 2.18. The van der Waals surface area contributed by atoms with Crippen molar-refractivity contribution in [3.63, 3.8) is 0 Å². The van der Waals surface area contributed by atoms with Crippen molar-refractivity contribution in [2.45, 2.75) is 6.54 Å². The number of carbonyl (C=O) groups is 1. The summed E-state index contributed by atoms with van der Waals surface area (Å²) in [6, 6.07) is 10.0. The number of fused-ring (bicyclic) bond motifs is 1. The Kier molecular flexibility index (Phi) is 4.13. The molecule has 3 aromatic heterocycles. The number of benzene rings is 1. The standard InChI is InChI=1S/C17H13N3OS3/c1-20(8-15-18-12-4-2-3-5-14(12)24-15)17(21)13-10-23-16(19-13)11-6-7-22-9-11/h2-7,9-10H,8H2,1H3. The summed E-state index contributed by atoms with van der Waals surface area (Å²) >= 11 is 4.74. The van der Waals surface area contributed by atoms with Crippen LogP contribution in [-0.2, 0) is 6.54 Å². The normalized spacial score (nSPS) is 11.0. The Morgan fingerprint density at radius 1 is 1.17 bits per heavy atom. The van der Waals surface area contributed by atoms with E-state index in [4.69, 9.17) is 0 Å². The Balaban J connectivity index is 1.51. The van der Waals surface area contributed by atoms with Crippen LogP contribution in [0, 0.1) is 0 Å². The van der Waals surface area contributed by atoms with Gasteiger partial charge in [0.05, 0.1) is 16.8 Å². The minimum absolute atomic E-state index is 0.0769. The summed E-state index contributed by atoms with van der Waals surface area (Å²) in [7, 11) is 1.79. The van der Waals surface area contributed by atoms with Crippen molar-refractivity contribution in [2.24, 2.45) is 0 Å². The molecule has 0 aliphatic rings. The molecule has 0 N–H and O–H groups in total. The van der Waals surface area contributed by atoms with Crippen molar-refractivity contribution in [2.75, 3.05) is 7.05 Å². The van der Waals surface area contributed by atoms with E-state index in [1.807, 2.05) is 46.5 Å². The highest BCUT2D eigenvalue weighted by molar-refractivity contribution is 7.18. The third kappa shape index (κ3) is 2.98. The average molecular weight is 372 g/mol. The van der Waals surface area contributed by atoms with Crippen LogP contribution in [0.25, 0.3) is 20.8 Å². The van der Waals surface area contributed by atoms with Gasteiger partial charge >= 0.3 is 0 Å². The van der Waals surface area contributed by atoms with Gasteiger partial charge in [-0.3, -0.25) is 4.79 Å². The third-order valence-electron chi connectivity index (χ3n) is 3.55. The van der Waals surface area contributed by atoms with Crippen LogP contribution in [0.3, 0.4) is 0 Å². The summed E-state index contributed by atoms with van der Waals surface area (Å²) in [5, 5.41) is 7.69. The second-order valence-corrected chi connectivity index (χ2v) is 8.04.